The van der Waals surface area contributed by atoms with Gasteiger partial charge in [0.15, 0.2) is 11.5 Å². The maximum atomic E-state index is 11.4. The smallest absolute Gasteiger partial charge is 0.382 e. The van der Waals surface area contributed by atoms with Crippen LogP contribution in [0, 0.1) is 11.3 Å². The maximum Gasteiger partial charge on any atom is 0.469 e. The van der Waals surface area contributed by atoms with Crippen LogP contribution in [0.15, 0.2) is 12.7 Å². The zero-order chi connectivity index (χ0) is 19.6. The molecule has 0 saturated heterocycles. The molecule has 4 atom stereocenters. The molecule has 6 N–H and O–H groups in total. The third kappa shape index (κ3) is 3.41. The molecule has 15 heteroatoms. The van der Waals surface area contributed by atoms with Gasteiger partial charge >= 0.3 is 15.6 Å². The third-order valence-corrected chi connectivity index (χ3v) is 6.24. The molecule has 13 nitrogen and oxygen atoms in total. The third-order valence-electron chi connectivity index (χ3n) is 5.25. The number of nitrogen functional groups attached to an aromatic ring is 1. The van der Waals surface area contributed by atoms with E-state index in [1.54, 1.807) is 4.57 Å². The molecule has 0 aliphatic heterocycles. The molecule has 27 heavy (non-hydrogen) atoms. The fraction of sp³-hybridized carbons (Fsp3) is 0.583. The standard InChI is InChI=1S/C12H17N5O8P2/c13-10-9-11(15-4-14-10)17(5-16-9)7-1-8(25-27(21,22)23)12(2-6(7)12)3-24-26(18,19)20/h4-8H,1-3H2,(H2,13,14,15)(H2,18,19,20)(H2,21,22,23)/t6?,7-,8?,12?/m0/s1. The molecule has 2 saturated carbocycles. The molecular weight excluding hydrogens is 404 g/mol. The second-order valence-corrected chi connectivity index (χ2v) is 9.21. The number of hydrogen-bond donors (Lipinski definition) is 5. The molecule has 2 aliphatic rings. The Morgan fingerprint density at radius 2 is 1.96 bits per heavy atom. The number of hydrogen-bond acceptors (Lipinski definition) is 8. The van der Waals surface area contributed by atoms with Crippen LogP contribution in [-0.2, 0) is 18.2 Å². The molecule has 3 unspecified atom stereocenters. The van der Waals surface area contributed by atoms with Crippen molar-refractivity contribution in [2.24, 2.45) is 11.3 Å². The zero-order valence-electron chi connectivity index (χ0n) is 13.7. The molecule has 0 spiro atoms. The molecule has 4 rings (SSSR count). The average Bonchev–Trinajstić information content (AvgIpc) is 2.98. The first-order valence-corrected chi connectivity index (χ1v) is 10.9. The van der Waals surface area contributed by atoms with Gasteiger partial charge in [0.05, 0.1) is 19.0 Å². The Hall–Kier alpha value is -1.43. The van der Waals surface area contributed by atoms with Gasteiger partial charge in [-0.3, -0.25) is 9.05 Å². The predicted molar refractivity (Wildman–Crippen MR) is 88.8 cm³/mol. The highest BCUT2D eigenvalue weighted by atomic mass is 31.2. The highest BCUT2D eigenvalue weighted by Gasteiger charge is 2.69. The first-order chi connectivity index (χ1) is 12.5. The van der Waals surface area contributed by atoms with Gasteiger partial charge in [-0.25, -0.2) is 24.1 Å². The molecule has 0 aromatic carbocycles. The van der Waals surface area contributed by atoms with Crippen LogP contribution in [0.25, 0.3) is 11.2 Å². The van der Waals surface area contributed by atoms with Crippen LogP contribution in [0.1, 0.15) is 18.9 Å². The van der Waals surface area contributed by atoms with Crippen LogP contribution in [0.3, 0.4) is 0 Å². The van der Waals surface area contributed by atoms with Crippen LogP contribution >= 0.6 is 15.6 Å². The van der Waals surface area contributed by atoms with E-state index in [4.69, 9.17) is 20.0 Å². The normalized spacial score (nSPS) is 30.6. The van der Waals surface area contributed by atoms with Gasteiger partial charge in [0, 0.05) is 11.5 Å². The Kier molecular flexibility index (Phi) is 4.22. The Labute approximate surface area is 152 Å². The SMILES string of the molecule is Nc1ncnc2c1ncn2[C@H]1CC(OP(=O)(O)O)C2(COP(=O)(O)O)CC12. The minimum absolute atomic E-state index is 0.186. The van der Waals surface area contributed by atoms with Crippen LogP contribution in [0.2, 0.25) is 0 Å². The molecular formula is C12H17N5O8P2. The number of fused-ring (bicyclic) bond motifs is 2. The number of phosphoric ester groups is 2. The summed E-state index contributed by atoms with van der Waals surface area (Å²) < 4.78 is 33.7. The minimum atomic E-state index is -4.81. The monoisotopic (exact) mass is 421 g/mol. The number of nitrogens with zero attached hydrogens (tertiary/aromatic N) is 4. The number of rotatable bonds is 6. The van der Waals surface area contributed by atoms with E-state index >= 15 is 0 Å². The van der Waals surface area contributed by atoms with Crippen molar-refractivity contribution in [1.29, 1.82) is 0 Å². The van der Waals surface area contributed by atoms with Gasteiger partial charge in [-0.2, -0.15) is 0 Å². The zero-order valence-corrected chi connectivity index (χ0v) is 15.5. The summed E-state index contributed by atoms with van der Waals surface area (Å²) in [4.78, 5) is 48.7. The molecule has 2 aromatic rings. The number of phosphoric acid groups is 2. The Balaban J connectivity index is 1.67. The number of anilines is 1. The second-order valence-electron chi connectivity index (χ2n) is 6.78. The lowest BCUT2D eigenvalue weighted by molar-refractivity contribution is 0.0499. The van der Waals surface area contributed by atoms with Crippen LogP contribution in [0.4, 0.5) is 5.82 Å². The van der Waals surface area contributed by atoms with Crippen LogP contribution in [0.5, 0.6) is 0 Å². The highest BCUT2D eigenvalue weighted by Crippen LogP contribution is 2.71. The van der Waals surface area contributed by atoms with Crippen LogP contribution < -0.4 is 5.73 Å². The predicted octanol–water partition coefficient (Wildman–Crippen LogP) is -0.0532. The molecule has 2 aromatic heterocycles. The quantitative estimate of drug-likeness (QED) is 0.390. The fourth-order valence-corrected chi connectivity index (χ4v) is 5.09. The van der Waals surface area contributed by atoms with Crippen molar-refractivity contribution in [3.63, 3.8) is 0 Å². The fourth-order valence-electron chi connectivity index (χ4n) is 4.06. The Morgan fingerprint density at radius 3 is 2.63 bits per heavy atom. The van der Waals surface area contributed by atoms with E-state index in [-0.39, 0.29) is 30.8 Å². The summed E-state index contributed by atoms with van der Waals surface area (Å²) in [6, 6.07) is -0.304. The molecule has 0 radical (unpaired) electrons. The van der Waals surface area contributed by atoms with Gasteiger partial charge in [-0.15, -0.1) is 0 Å². The number of aromatic nitrogens is 4. The highest BCUT2D eigenvalue weighted by molar-refractivity contribution is 7.46. The van der Waals surface area contributed by atoms with Gasteiger partial charge in [0.25, 0.3) is 0 Å². The summed E-state index contributed by atoms with van der Waals surface area (Å²) in [5.41, 5.74) is 5.73. The Bertz CT molecular complexity index is 987. The summed E-state index contributed by atoms with van der Waals surface area (Å²) in [7, 11) is -9.56. The average molecular weight is 421 g/mol. The van der Waals surface area contributed by atoms with E-state index in [0.29, 0.717) is 17.6 Å². The van der Waals surface area contributed by atoms with Crippen molar-refractivity contribution in [1.82, 2.24) is 19.5 Å². The van der Waals surface area contributed by atoms with Crippen molar-refractivity contribution in [2.75, 3.05) is 12.3 Å². The summed E-state index contributed by atoms with van der Waals surface area (Å²) in [5, 5.41) is 0. The van der Waals surface area contributed by atoms with Gasteiger partial charge in [0.2, 0.25) is 0 Å². The van der Waals surface area contributed by atoms with Gasteiger partial charge < -0.3 is 29.9 Å². The second kappa shape index (κ2) is 6.03. The van der Waals surface area contributed by atoms with Crippen molar-refractivity contribution in [3.05, 3.63) is 12.7 Å². The molecule has 148 valence electrons. The lowest BCUT2D eigenvalue weighted by Gasteiger charge is -2.24. The molecule has 2 fully saturated rings. The Morgan fingerprint density at radius 1 is 1.22 bits per heavy atom. The van der Waals surface area contributed by atoms with Gasteiger partial charge in [-0.05, 0) is 18.8 Å². The van der Waals surface area contributed by atoms with Crippen molar-refractivity contribution < 1.29 is 37.8 Å². The molecule has 2 aliphatic carbocycles. The molecule has 0 bridgehead atoms. The lowest BCUT2D eigenvalue weighted by atomic mass is 10.0. The van der Waals surface area contributed by atoms with Crippen molar-refractivity contribution >= 4 is 32.6 Å². The van der Waals surface area contributed by atoms with E-state index in [1.807, 2.05) is 0 Å². The minimum Gasteiger partial charge on any atom is -0.382 e. The summed E-state index contributed by atoms with van der Waals surface area (Å²) >= 11 is 0. The van der Waals surface area contributed by atoms with E-state index in [2.05, 4.69) is 19.5 Å². The van der Waals surface area contributed by atoms with Crippen molar-refractivity contribution in [3.8, 4) is 0 Å². The summed E-state index contributed by atoms with van der Waals surface area (Å²) in [5.74, 6) is 0.0147. The number of nitrogens with two attached hydrogens (primary N) is 1. The van der Waals surface area contributed by atoms with E-state index in [0.717, 1.165) is 0 Å². The topological polar surface area (TPSA) is 203 Å². The summed E-state index contributed by atoms with van der Waals surface area (Å²) in [6.07, 6.45) is 2.45. The van der Waals surface area contributed by atoms with Gasteiger partial charge in [0.1, 0.15) is 11.8 Å². The van der Waals surface area contributed by atoms with E-state index in [1.165, 1.54) is 12.7 Å². The van der Waals surface area contributed by atoms with E-state index in [9.17, 15) is 18.9 Å². The first-order valence-electron chi connectivity index (χ1n) is 7.87. The van der Waals surface area contributed by atoms with Gasteiger partial charge in [-0.1, -0.05) is 0 Å². The van der Waals surface area contributed by atoms with E-state index < -0.39 is 27.2 Å². The summed E-state index contributed by atoms with van der Waals surface area (Å²) in [6.45, 7) is -0.382. The molecule has 0 amide bonds. The molecule has 2 heterocycles. The number of imidazole rings is 1. The van der Waals surface area contributed by atoms with Crippen LogP contribution in [-0.4, -0.2) is 51.8 Å². The first kappa shape index (κ1) is 18.9. The largest absolute Gasteiger partial charge is 0.469 e. The lowest BCUT2D eigenvalue weighted by Crippen LogP contribution is -2.26. The van der Waals surface area contributed by atoms with Crippen molar-refractivity contribution in [2.45, 2.75) is 25.0 Å². The maximum absolute atomic E-state index is 11.4.